The fourth-order valence-corrected chi connectivity index (χ4v) is 8.95. The molecule has 1 N–H and O–H groups in total. The standard InChI is InChI=1S/C35H50F3N7O5S/c1-23(2)42(5)51(47,48)41-26-7-8-28(49-19-26)18-43-12-10-34(11-13-43)20-44(21-34)32-31(17-39-22-40-32)50-30-9-6-25(36)14-29(30)33(46)45(24(3)4)27-15-35(37,38)16-27/h6,9,14,17,22-24,26-28,41H,7-8,10-13,15-16,18-21H2,1-5H3/t26-,28+/m1/s1. The number of aromatic nitrogens is 2. The van der Waals surface area contributed by atoms with Gasteiger partial charge in [0.1, 0.15) is 17.9 Å². The number of hydrogen-bond donors (Lipinski definition) is 1. The van der Waals surface area contributed by atoms with E-state index >= 15 is 0 Å². The van der Waals surface area contributed by atoms with Gasteiger partial charge >= 0.3 is 0 Å². The summed E-state index contributed by atoms with van der Waals surface area (Å²) in [7, 11) is -1.98. The molecular weight excluding hydrogens is 687 g/mol. The first-order valence-corrected chi connectivity index (χ1v) is 19.3. The smallest absolute Gasteiger partial charge is 0.279 e. The quantitative estimate of drug-likeness (QED) is 0.331. The lowest BCUT2D eigenvalue weighted by atomic mass is 9.72. The lowest BCUT2D eigenvalue weighted by molar-refractivity contribution is -0.120. The van der Waals surface area contributed by atoms with Crippen molar-refractivity contribution in [1.29, 1.82) is 0 Å². The number of alkyl halides is 2. The molecule has 1 spiro atoms. The van der Waals surface area contributed by atoms with Crippen molar-refractivity contribution in [2.45, 2.75) is 102 Å². The van der Waals surface area contributed by atoms with Crippen LogP contribution in [0.4, 0.5) is 19.0 Å². The Bertz CT molecular complexity index is 1650. The number of piperidine rings is 1. The molecule has 282 valence electrons. The van der Waals surface area contributed by atoms with Gasteiger partial charge in [-0.05, 0) is 84.7 Å². The number of halogens is 3. The number of ether oxygens (including phenoxy) is 2. The number of nitrogens with one attached hydrogen (secondary N) is 1. The Morgan fingerprint density at radius 1 is 1.10 bits per heavy atom. The Morgan fingerprint density at radius 3 is 2.41 bits per heavy atom. The van der Waals surface area contributed by atoms with E-state index in [1.165, 1.54) is 33.9 Å². The summed E-state index contributed by atoms with van der Waals surface area (Å²) in [6.07, 6.45) is 5.69. The first-order chi connectivity index (χ1) is 24.0. The van der Waals surface area contributed by atoms with E-state index in [4.69, 9.17) is 9.47 Å². The van der Waals surface area contributed by atoms with Crippen LogP contribution in [0.2, 0.25) is 0 Å². The van der Waals surface area contributed by atoms with Crippen molar-refractivity contribution in [3.8, 4) is 11.5 Å². The van der Waals surface area contributed by atoms with Crippen LogP contribution in [0.25, 0.3) is 0 Å². The van der Waals surface area contributed by atoms with Crippen LogP contribution in [0.1, 0.15) is 76.6 Å². The molecule has 0 radical (unpaired) electrons. The summed E-state index contributed by atoms with van der Waals surface area (Å²) < 4.78 is 83.5. The van der Waals surface area contributed by atoms with Gasteiger partial charge in [0.15, 0.2) is 11.6 Å². The van der Waals surface area contributed by atoms with Crippen LogP contribution >= 0.6 is 0 Å². The van der Waals surface area contributed by atoms with E-state index in [0.29, 0.717) is 18.2 Å². The number of nitrogens with zero attached hydrogens (tertiary/aromatic N) is 6. The third-order valence-corrected chi connectivity index (χ3v) is 12.6. The molecule has 6 rings (SSSR count). The van der Waals surface area contributed by atoms with Gasteiger partial charge in [0.25, 0.3) is 22.0 Å². The average Bonchev–Trinajstić information content (AvgIpc) is 3.04. The van der Waals surface area contributed by atoms with E-state index in [9.17, 15) is 26.4 Å². The van der Waals surface area contributed by atoms with Crippen molar-refractivity contribution in [3.63, 3.8) is 0 Å². The highest BCUT2D eigenvalue weighted by atomic mass is 32.2. The van der Waals surface area contributed by atoms with Crippen molar-refractivity contribution < 1.29 is 35.9 Å². The van der Waals surface area contributed by atoms with Gasteiger partial charge in [0.05, 0.1) is 24.5 Å². The van der Waals surface area contributed by atoms with Crippen LogP contribution < -0.4 is 14.4 Å². The predicted molar refractivity (Wildman–Crippen MR) is 186 cm³/mol. The minimum Gasteiger partial charge on any atom is -0.451 e. The molecule has 1 aromatic heterocycles. The molecule has 12 nitrogen and oxygen atoms in total. The first kappa shape index (κ1) is 37.7. The topological polar surface area (TPSA) is 120 Å². The summed E-state index contributed by atoms with van der Waals surface area (Å²) >= 11 is 0. The largest absolute Gasteiger partial charge is 0.451 e. The predicted octanol–water partition coefficient (Wildman–Crippen LogP) is 4.68. The second kappa shape index (κ2) is 14.8. The molecule has 2 aromatic rings. The number of carbonyl (C=O) groups is 1. The van der Waals surface area contributed by atoms with Gasteiger partial charge < -0.3 is 24.2 Å². The molecule has 4 fully saturated rings. The zero-order chi connectivity index (χ0) is 36.7. The van der Waals surface area contributed by atoms with Gasteiger partial charge in [0.2, 0.25) is 0 Å². The number of benzene rings is 1. The molecule has 1 saturated carbocycles. The fraction of sp³-hybridized carbons (Fsp3) is 0.686. The summed E-state index contributed by atoms with van der Waals surface area (Å²) in [4.78, 5) is 28.3. The fourth-order valence-electron chi connectivity index (χ4n) is 7.63. The Balaban J connectivity index is 1.02. The lowest BCUT2D eigenvalue weighted by Gasteiger charge is -2.54. The maximum Gasteiger partial charge on any atom is 0.279 e. The Hall–Kier alpha value is -3.05. The van der Waals surface area contributed by atoms with Crippen molar-refractivity contribution in [3.05, 3.63) is 42.1 Å². The van der Waals surface area contributed by atoms with E-state index in [1.54, 1.807) is 20.9 Å². The third-order valence-electron chi connectivity index (χ3n) is 10.8. The Morgan fingerprint density at radius 2 is 1.80 bits per heavy atom. The number of anilines is 1. The van der Waals surface area contributed by atoms with Crippen molar-refractivity contribution in [1.82, 2.24) is 28.8 Å². The highest BCUT2D eigenvalue weighted by Gasteiger charge is 2.50. The molecule has 51 heavy (non-hydrogen) atoms. The maximum absolute atomic E-state index is 14.5. The van der Waals surface area contributed by atoms with Crippen LogP contribution in [0, 0.1) is 11.2 Å². The summed E-state index contributed by atoms with van der Waals surface area (Å²) in [5, 5.41) is 0. The zero-order valence-corrected chi connectivity index (χ0v) is 30.8. The first-order valence-electron chi connectivity index (χ1n) is 17.9. The molecule has 0 bridgehead atoms. The molecule has 3 saturated heterocycles. The van der Waals surface area contributed by atoms with Gasteiger partial charge in [-0.3, -0.25) is 4.79 Å². The van der Waals surface area contributed by atoms with E-state index < -0.39 is 46.7 Å². The molecule has 1 aliphatic carbocycles. The highest BCUT2D eigenvalue weighted by molar-refractivity contribution is 7.87. The number of hydrogen-bond acceptors (Lipinski definition) is 9. The van der Waals surface area contributed by atoms with Crippen LogP contribution in [-0.4, -0.2) is 121 Å². The van der Waals surface area contributed by atoms with E-state index in [0.717, 1.165) is 64.5 Å². The molecule has 1 amide bonds. The van der Waals surface area contributed by atoms with Crippen LogP contribution in [0.15, 0.2) is 30.7 Å². The van der Waals surface area contributed by atoms with Gasteiger partial charge in [-0.1, -0.05) is 0 Å². The van der Waals surface area contributed by atoms with E-state index in [2.05, 4.69) is 24.5 Å². The van der Waals surface area contributed by atoms with Gasteiger partial charge in [-0.2, -0.15) is 17.4 Å². The maximum atomic E-state index is 14.5. The average molecular weight is 738 g/mol. The van der Waals surface area contributed by atoms with E-state index in [1.807, 2.05) is 13.8 Å². The van der Waals surface area contributed by atoms with Crippen LogP contribution in [0.5, 0.6) is 11.5 Å². The molecule has 4 heterocycles. The number of rotatable bonds is 12. The van der Waals surface area contributed by atoms with Crippen molar-refractivity contribution >= 4 is 21.9 Å². The minimum absolute atomic E-state index is 0.0429. The Labute approximate surface area is 298 Å². The summed E-state index contributed by atoms with van der Waals surface area (Å²) in [5.41, 5.74) is 0.0797. The molecule has 4 aliphatic rings. The third kappa shape index (κ3) is 8.45. The van der Waals surface area contributed by atoms with Crippen molar-refractivity contribution in [2.24, 2.45) is 5.41 Å². The molecule has 0 unspecified atom stereocenters. The lowest BCUT2D eigenvalue weighted by Crippen LogP contribution is -2.61. The van der Waals surface area contributed by atoms with Crippen LogP contribution in [-0.2, 0) is 14.9 Å². The SMILES string of the molecule is CC(C)N(C(=O)c1cc(F)ccc1Oc1cncnc1N1CC2(CCN(C[C@@H]3CC[C@@H](NS(=O)(=O)N(C)C(C)C)CO3)CC2)C1)C1CC(F)(F)C1. The zero-order valence-electron chi connectivity index (χ0n) is 30.0. The van der Waals surface area contributed by atoms with Crippen LogP contribution in [0.3, 0.4) is 0 Å². The number of likely N-dealkylation sites (tertiary alicyclic amines) is 1. The van der Waals surface area contributed by atoms with Crippen molar-refractivity contribution in [2.75, 3.05) is 51.3 Å². The number of carbonyl (C=O) groups excluding carboxylic acids is 1. The second-order valence-electron chi connectivity index (χ2n) is 15.3. The minimum atomic E-state index is -3.55. The highest BCUT2D eigenvalue weighted by Crippen LogP contribution is 2.46. The van der Waals surface area contributed by atoms with E-state index in [-0.39, 0.29) is 41.0 Å². The second-order valence-corrected chi connectivity index (χ2v) is 17.1. The van der Waals surface area contributed by atoms with Gasteiger partial charge in [-0.15, -0.1) is 0 Å². The summed E-state index contributed by atoms with van der Waals surface area (Å²) in [6.45, 7) is 11.7. The molecule has 3 aliphatic heterocycles. The summed E-state index contributed by atoms with van der Waals surface area (Å²) in [6, 6.07) is 2.28. The molecule has 2 atom stereocenters. The normalized spacial score (nSPS) is 23.8. The molecular formula is C35H50F3N7O5S. The van der Waals surface area contributed by atoms with Gasteiger partial charge in [-0.25, -0.2) is 23.1 Å². The monoisotopic (exact) mass is 737 g/mol. The molecule has 16 heteroatoms. The van der Waals surface area contributed by atoms with Gasteiger partial charge in [0, 0.05) is 69.1 Å². The molecule has 1 aromatic carbocycles. The number of amides is 1. The summed E-state index contributed by atoms with van der Waals surface area (Å²) in [5.74, 6) is -3.01. The Kier molecular flexibility index (Phi) is 10.9.